The Balaban J connectivity index is 0.00000264. The third-order valence-electron chi connectivity index (χ3n) is 3.78. The second kappa shape index (κ2) is 10.4. The minimum Gasteiger partial charge on any atom is -0.356 e. The number of nitro benzene ring substituents is 1. The standard InChI is InChI=1S/C16H24N4O2.HI/c1-2-3-10-17-16(19-11-4-5-12-19)18-13-14-6-8-15(9-7-14)20(21)22;/h6-9H,2-5,10-13H2,1H3,(H,17,18);1H. The Morgan fingerprint density at radius 2 is 1.96 bits per heavy atom. The first-order chi connectivity index (χ1) is 10.7. The van der Waals surface area contributed by atoms with E-state index in [1.165, 1.54) is 25.0 Å². The molecule has 0 aromatic heterocycles. The van der Waals surface area contributed by atoms with Crippen LogP contribution in [0.1, 0.15) is 38.2 Å². The van der Waals surface area contributed by atoms with Crippen molar-refractivity contribution in [2.24, 2.45) is 4.99 Å². The van der Waals surface area contributed by atoms with Gasteiger partial charge in [0.1, 0.15) is 0 Å². The molecule has 1 fully saturated rings. The van der Waals surface area contributed by atoms with E-state index in [2.05, 4.69) is 22.1 Å². The maximum absolute atomic E-state index is 10.7. The monoisotopic (exact) mass is 432 g/mol. The molecule has 1 aliphatic heterocycles. The molecular weight excluding hydrogens is 407 g/mol. The minimum absolute atomic E-state index is 0. The van der Waals surface area contributed by atoms with E-state index in [4.69, 9.17) is 0 Å². The van der Waals surface area contributed by atoms with Crippen molar-refractivity contribution in [2.75, 3.05) is 19.6 Å². The number of benzene rings is 1. The van der Waals surface area contributed by atoms with Crippen molar-refractivity contribution in [2.45, 2.75) is 39.2 Å². The van der Waals surface area contributed by atoms with Gasteiger partial charge < -0.3 is 10.2 Å². The second-order valence-electron chi connectivity index (χ2n) is 5.54. The van der Waals surface area contributed by atoms with Crippen LogP contribution in [0.25, 0.3) is 0 Å². The number of nitrogens with one attached hydrogen (secondary N) is 1. The lowest BCUT2D eigenvalue weighted by molar-refractivity contribution is -0.384. The SMILES string of the molecule is CCCCNC(=NCc1ccc([N+](=O)[O-])cc1)N1CCCC1.I. The summed E-state index contributed by atoms with van der Waals surface area (Å²) >= 11 is 0. The van der Waals surface area contributed by atoms with Crippen LogP contribution in [0.4, 0.5) is 5.69 Å². The molecule has 1 aliphatic rings. The van der Waals surface area contributed by atoms with Crippen LogP contribution < -0.4 is 5.32 Å². The zero-order valence-electron chi connectivity index (χ0n) is 13.5. The van der Waals surface area contributed by atoms with Gasteiger partial charge in [0.25, 0.3) is 5.69 Å². The molecule has 0 spiro atoms. The van der Waals surface area contributed by atoms with E-state index in [1.54, 1.807) is 12.1 Å². The van der Waals surface area contributed by atoms with Crippen molar-refractivity contribution in [3.8, 4) is 0 Å². The Hall–Kier alpha value is -1.38. The third kappa shape index (κ3) is 6.32. The second-order valence-corrected chi connectivity index (χ2v) is 5.54. The Morgan fingerprint density at radius 1 is 1.30 bits per heavy atom. The number of likely N-dealkylation sites (tertiary alicyclic amines) is 1. The zero-order valence-corrected chi connectivity index (χ0v) is 15.9. The van der Waals surface area contributed by atoms with E-state index < -0.39 is 0 Å². The minimum atomic E-state index is -0.380. The van der Waals surface area contributed by atoms with Crippen molar-refractivity contribution in [3.05, 3.63) is 39.9 Å². The van der Waals surface area contributed by atoms with Crippen LogP contribution in [0.5, 0.6) is 0 Å². The van der Waals surface area contributed by atoms with Gasteiger partial charge >= 0.3 is 0 Å². The number of nitro groups is 1. The Labute approximate surface area is 154 Å². The molecule has 1 aromatic carbocycles. The molecule has 128 valence electrons. The largest absolute Gasteiger partial charge is 0.356 e. The van der Waals surface area contributed by atoms with E-state index >= 15 is 0 Å². The maximum atomic E-state index is 10.7. The lowest BCUT2D eigenvalue weighted by Crippen LogP contribution is -2.40. The average Bonchev–Trinajstić information content (AvgIpc) is 3.05. The van der Waals surface area contributed by atoms with Gasteiger partial charge in [0.2, 0.25) is 0 Å². The number of aliphatic imine (C=N–C) groups is 1. The molecule has 1 saturated heterocycles. The molecule has 1 N–H and O–H groups in total. The summed E-state index contributed by atoms with van der Waals surface area (Å²) in [5.41, 5.74) is 1.10. The van der Waals surface area contributed by atoms with E-state index in [-0.39, 0.29) is 34.6 Å². The van der Waals surface area contributed by atoms with Crippen LogP contribution in [0.15, 0.2) is 29.3 Å². The number of guanidine groups is 1. The molecule has 1 heterocycles. The fourth-order valence-corrected chi connectivity index (χ4v) is 2.46. The van der Waals surface area contributed by atoms with Crippen LogP contribution >= 0.6 is 24.0 Å². The highest BCUT2D eigenvalue weighted by molar-refractivity contribution is 14.0. The number of halogens is 1. The lowest BCUT2D eigenvalue weighted by atomic mass is 10.2. The first-order valence-electron chi connectivity index (χ1n) is 7.97. The normalized spacial score (nSPS) is 14.5. The van der Waals surface area contributed by atoms with Gasteiger partial charge in [-0.3, -0.25) is 10.1 Å². The number of rotatable bonds is 6. The van der Waals surface area contributed by atoms with Crippen LogP contribution in [-0.4, -0.2) is 35.4 Å². The van der Waals surface area contributed by atoms with E-state index in [0.29, 0.717) is 6.54 Å². The predicted octanol–water partition coefficient (Wildman–Crippen LogP) is 3.55. The molecule has 7 heteroatoms. The summed E-state index contributed by atoms with van der Waals surface area (Å²) in [4.78, 5) is 17.3. The molecule has 2 rings (SSSR count). The number of nitrogens with zero attached hydrogens (tertiary/aromatic N) is 3. The van der Waals surface area contributed by atoms with Crippen molar-refractivity contribution in [1.82, 2.24) is 10.2 Å². The van der Waals surface area contributed by atoms with E-state index in [0.717, 1.165) is 44.0 Å². The molecule has 0 atom stereocenters. The van der Waals surface area contributed by atoms with Crippen molar-refractivity contribution in [1.29, 1.82) is 0 Å². The molecular formula is C16H25IN4O2. The highest BCUT2D eigenvalue weighted by Gasteiger charge is 2.15. The molecule has 0 radical (unpaired) electrons. The van der Waals surface area contributed by atoms with Crippen LogP contribution in [0.2, 0.25) is 0 Å². The van der Waals surface area contributed by atoms with Gasteiger partial charge in [0.05, 0.1) is 11.5 Å². The lowest BCUT2D eigenvalue weighted by Gasteiger charge is -2.21. The Kier molecular flexibility index (Phi) is 8.90. The van der Waals surface area contributed by atoms with Crippen molar-refractivity contribution < 1.29 is 4.92 Å². The number of hydrogen-bond donors (Lipinski definition) is 1. The molecule has 0 aliphatic carbocycles. The summed E-state index contributed by atoms with van der Waals surface area (Å²) in [6, 6.07) is 6.61. The Morgan fingerprint density at radius 3 is 2.52 bits per heavy atom. The van der Waals surface area contributed by atoms with Crippen LogP contribution in [-0.2, 0) is 6.54 Å². The van der Waals surface area contributed by atoms with E-state index in [9.17, 15) is 10.1 Å². The fraction of sp³-hybridized carbons (Fsp3) is 0.562. The molecule has 0 bridgehead atoms. The first kappa shape index (κ1) is 19.7. The average molecular weight is 432 g/mol. The van der Waals surface area contributed by atoms with Crippen LogP contribution in [0, 0.1) is 10.1 Å². The summed E-state index contributed by atoms with van der Waals surface area (Å²) in [5, 5.41) is 14.1. The smallest absolute Gasteiger partial charge is 0.269 e. The third-order valence-corrected chi connectivity index (χ3v) is 3.78. The summed E-state index contributed by atoms with van der Waals surface area (Å²) in [5.74, 6) is 0.962. The highest BCUT2D eigenvalue weighted by Crippen LogP contribution is 2.13. The number of non-ortho nitro benzene ring substituents is 1. The van der Waals surface area contributed by atoms with Gasteiger partial charge in [-0.2, -0.15) is 0 Å². The summed E-state index contributed by atoms with van der Waals surface area (Å²) in [6.07, 6.45) is 4.71. The topological polar surface area (TPSA) is 70.8 Å². The summed E-state index contributed by atoms with van der Waals surface area (Å²) in [7, 11) is 0. The molecule has 1 aromatic rings. The quantitative estimate of drug-likeness (QED) is 0.186. The zero-order chi connectivity index (χ0) is 15.8. The van der Waals surface area contributed by atoms with Gasteiger partial charge in [0.15, 0.2) is 5.96 Å². The number of unbranched alkanes of at least 4 members (excludes halogenated alkanes) is 1. The van der Waals surface area contributed by atoms with Gasteiger partial charge in [0, 0.05) is 31.8 Å². The summed E-state index contributed by atoms with van der Waals surface area (Å²) < 4.78 is 0. The van der Waals surface area contributed by atoms with Gasteiger partial charge in [-0.15, -0.1) is 24.0 Å². The molecule has 0 unspecified atom stereocenters. The van der Waals surface area contributed by atoms with Crippen molar-refractivity contribution in [3.63, 3.8) is 0 Å². The molecule has 0 saturated carbocycles. The predicted molar refractivity (Wildman–Crippen MR) is 103 cm³/mol. The fourth-order valence-electron chi connectivity index (χ4n) is 2.46. The van der Waals surface area contributed by atoms with Crippen LogP contribution in [0.3, 0.4) is 0 Å². The van der Waals surface area contributed by atoms with Crippen molar-refractivity contribution >= 4 is 35.6 Å². The van der Waals surface area contributed by atoms with Gasteiger partial charge in [-0.25, -0.2) is 4.99 Å². The maximum Gasteiger partial charge on any atom is 0.269 e. The summed E-state index contributed by atoms with van der Waals surface area (Å²) in [6.45, 7) is 5.76. The first-order valence-corrected chi connectivity index (χ1v) is 7.97. The molecule has 0 amide bonds. The molecule has 6 nitrogen and oxygen atoms in total. The Bertz CT molecular complexity index is 513. The van der Waals surface area contributed by atoms with Gasteiger partial charge in [-0.1, -0.05) is 25.5 Å². The number of hydrogen-bond acceptors (Lipinski definition) is 3. The van der Waals surface area contributed by atoms with Gasteiger partial charge in [-0.05, 0) is 24.8 Å². The molecule has 23 heavy (non-hydrogen) atoms. The van der Waals surface area contributed by atoms with E-state index in [1.807, 2.05) is 0 Å². The highest BCUT2D eigenvalue weighted by atomic mass is 127.